The lowest BCUT2D eigenvalue weighted by Gasteiger charge is -2.20. The summed E-state index contributed by atoms with van der Waals surface area (Å²) < 4.78 is 5.56. The quantitative estimate of drug-likeness (QED) is 0.333. The zero-order chi connectivity index (χ0) is 11.5. The van der Waals surface area contributed by atoms with Crippen molar-refractivity contribution in [3.63, 3.8) is 0 Å². The fraction of sp³-hybridized carbons (Fsp3) is 0.400. The van der Waals surface area contributed by atoms with E-state index in [2.05, 4.69) is 10.1 Å². The normalized spacial score (nSPS) is 12.6. The van der Waals surface area contributed by atoms with Crippen LogP contribution in [0.2, 0.25) is 0 Å². The summed E-state index contributed by atoms with van der Waals surface area (Å²) >= 11 is 0. The maximum absolute atomic E-state index is 8.44. The van der Waals surface area contributed by atoms with Crippen molar-refractivity contribution in [1.82, 2.24) is 4.98 Å². The first-order valence-corrected chi connectivity index (χ1v) is 4.55. The Labute approximate surface area is 88.6 Å². The average Bonchev–Trinajstić information content (AvgIpc) is 2.15. The molecule has 0 aliphatic heterocycles. The van der Waals surface area contributed by atoms with Gasteiger partial charge in [-0.3, -0.25) is 0 Å². The molecule has 0 saturated carbocycles. The largest absolute Gasteiger partial charge is 0.487 e. The summed E-state index contributed by atoms with van der Waals surface area (Å²) in [5, 5.41) is 11.3. The van der Waals surface area contributed by atoms with Crippen LogP contribution in [0.15, 0.2) is 23.5 Å². The Bertz CT molecular complexity index is 352. The number of nitrogens with two attached hydrogens (primary N) is 1. The second kappa shape index (κ2) is 4.16. The SMILES string of the molecule is CC(C)(C)Oc1ccc(/C(N)=N/O)nc1. The first-order chi connectivity index (χ1) is 6.92. The Hall–Kier alpha value is -1.78. The third-order valence-electron chi connectivity index (χ3n) is 1.53. The van der Waals surface area contributed by atoms with Crippen molar-refractivity contribution in [3.8, 4) is 5.75 Å². The molecule has 3 N–H and O–H groups in total. The Morgan fingerprint density at radius 3 is 2.53 bits per heavy atom. The summed E-state index contributed by atoms with van der Waals surface area (Å²) in [6, 6.07) is 3.36. The van der Waals surface area contributed by atoms with Crippen LogP contribution in [0.1, 0.15) is 26.5 Å². The van der Waals surface area contributed by atoms with Gasteiger partial charge in [-0.2, -0.15) is 0 Å². The van der Waals surface area contributed by atoms with E-state index >= 15 is 0 Å². The van der Waals surface area contributed by atoms with Gasteiger partial charge in [0.1, 0.15) is 17.0 Å². The lowest BCUT2D eigenvalue weighted by atomic mass is 10.2. The minimum Gasteiger partial charge on any atom is -0.487 e. The zero-order valence-corrected chi connectivity index (χ0v) is 9.06. The van der Waals surface area contributed by atoms with Crippen LogP contribution in [0.4, 0.5) is 0 Å². The van der Waals surface area contributed by atoms with Crippen molar-refractivity contribution < 1.29 is 9.94 Å². The molecule has 15 heavy (non-hydrogen) atoms. The number of hydrogen-bond donors (Lipinski definition) is 2. The molecule has 82 valence electrons. The van der Waals surface area contributed by atoms with E-state index in [0.29, 0.717) is 11.4 Å². The molecule has 5 heteroatoms. The number of ether oxygens (including phenoxy) is 1. The first-order valence-electron chi connectivity index (χ1n) is 4.55. The second-order valence-corrected chi connectivity index (χ2v) is 4.08. The molecule has 1 aromatic heterocycles. The molecular weight excluding hydrogens is 194 g/mol. The monoisotopic (exact) mass is 209 g/mol. The molecule has 1 aromatic rings. The number of aromatic nitrogens is 1. The van der Waals surface area contributed by atoms with Gasteiger partial charge >= 0.3 is 0 Å². The Balaban J connectivity index is 2.82. The number of nitrogens with zero attached hydrogens (tertiary/aromatic N) is 2. The van der Waals surface area contributed by atoms with E-state index in [9.17, 15) is 0 Å². The van der Waals surface area contributed by atoms with E-state index in [4.69, 9.17) is 15.7 Å². The maximum Gasteiger partial charge on any atom is 0.188 e. The highest BCUT2D eigenvalue weighted by atomic mass is 16.5. The van der Waals surface area contributed by atoms with Crippen molar-refractivity contribution in [1.29, 1.82) is 0 Å². The van der Waals surface area contributed by atoms with E-state index in [1.807, 2.05) is 20.8 Å². The summed E-state index contributed by atoms with van der Waals surface area (Å²) in [6.07, 6.45) is 1.54. The second-order valence-electron chi connectivity index (χ2n) is 4.08. The number of amidine groups is 1. The predicted octanol–water partition coefficient (Wildman–Crippen LogP) is 1.35. The fourth-order valence-corrected chi connectivity index (χ4v) is 0.997. The summed E-state index contributed by atoms with van der Waals surface area (Å²) in [6.45, 7) is 5.85. The molecule has 0 bridgehead atoms. The molecule has 0 amide bonds. The van der Waals surface area contributed by atoms with E-state index in [1.165, 1.54) is 0 Å². The zero-order valence-electron chi connectivity index (χ0n) is 9.06. The van der Waals surface area contributed by atoms with E-state index < -0.39 is 0 Å². The van der Waals surface area contributed by atoms with E-state index in [1.54, 1.807) is 18.3 Å². The summed E-state index contributed by atoms with van der Waals surface area (Å²) in [7, 11) is 0. The molecule has 0 aromatic carbocycles. The third-order valence-corrected chi connectivity index (χ3v) is 1.53. The van der Waals surface area contributed by atoms with Gasteiger partial charge in [-0.15, -0.1) is 0 Å². The number of hydrogen-bond acceptors (Lipinski definition) is 4. The molecular formula is C10H15N3O2. The maximum atomic E-state index is 8.44. The standard InChI is InChI=1S/C10H15N3O2/c1-10(2,3)15-7-4-5-8(12-6-7)9(11)13-14/h4-6,14H,1-3H3,(H2,11,13). The molecule has 0 atom stereocenters. The molecule has 1 heterocycles. The molecule has 0 unspecified atom stereocenters. The van der Waals surface area contributed by atoms with Gasteiger partial charge < -0.3 is 15.7 Å². The van der Waals surface area contributed by atoms with Crippen LogP contribution < -0.4 is 10.5 Å². The van der Waals surface area contributed by atoms with Crippen LogP contribution >= 0.6 is 0 Å². The lowest BCUT2D eigenvalue weighted by Crippen LogP contribution is -2.23. The molecule has 0 fully saturated rings. The lowest BCUT2D eigenvalue weighted by molar-refractivity contribution is 0.130. The number of oxime groups is 1. The van der Waals surface area contributed by atoms with Crippen LogP contribution in [-0.4, -0.2) is 21.6 Å². The van der Waals surface area contributed by atoms with Crippen LogP contribution in [0.3, 0.4) is 0 Å². The van der Waals surface area contributed by atoms with Crippen molar-refractivity contribution in [3.05, 3.63) is 24.0 Å². The first kappa shape index (κ1) is 11.3. The van der Waals surface area contributed by atoms with Gasteiger partial charge in [-0.05, 0) is 32.9 Å². The van der Waals surface area contributed by atoms with Gasteiger partial charge in [0.05, 0.1) is 6.20 Å². The minimum absolute atomic E-state index is 0.0164. The van der Waals surface area contributed by atoms with Crippen LogP contribution in [0.5, 0.6) is 5.75 Å². The molecule has 0 saturated heterocycles. The summed E-state index contributed by atoms with van der Waals surface area (Å²) in [4.78, 5) is 3.99. The van der Waals surface area contributed by atoms with E-state index in [-0.39, 0.29) is 11.4 Å². The topological polar surface area (TPSA) is 80.7 Å². The van der Waals surface area contributed by atoms with Gasteiger partial charge in [0, 0.05) is 0 Å². The van der Waals surface area contributed by atoms with E-state index in [0.717, 1.165) is 0 Å². The van der Waals surface area contributed by atoms with Gasteiger partial charge in [-0.1, -0.05) is 5.16 Å². The van der Waals surface area contributed by atoms with Crippen molar-refractivity contribution >= 4 is 5.84 Å². The van der Waals surface area contributed by atoms with Crippen LogP contribution in [0.25, 0.3) is 0 Å². The Kier molecular flexibility index (Phi) is 3.14. The van der Waals surface area contributed by atoms with Crippen LogP contribution in [0, 0.1) is 0 Å². The third kappa shape index (κ3) is 3.46. The molecule has 1 rings (SSSR count). The highest BCUT2D eigenvalue weighted by molar-refractivity contribution is 5.95. The predicted molar refractivity (Wildman–Crippen MR) is 57.1 cm³/mol. The van der Waals surface area contributed by atoms with Crippen molar-refractivity contribution in [2.45, 2.75) is 26.4 Å². The van der Waals surface area contributed by atoms with Gasteiger partial charge in [-0.25, -0.2) is 4.98 Å². The summed E-state index contributed by atoms with van der Waals surface area (Å²) in [5.74, 6) is 0.634. The number of pyridine rings is 1. The van der Waals surface area contributed by atoms with Crippen LogP contribution in [-0.2, 0) is 0 Å². The molecule has 0 radical (unpaired) electrons. The highest BCUT2D eigenvalue weighted by Crippen LogP contribution is 2.16. The Morgan fingerprint density at radius 2 is 2.13 bits per heavy atom. The van der Waals surface area contributed by atoms with Gasteiger partial charge in [0.15, 0.2) is 5.84 Å². The molecule has 0 aliphatic carbocycles. The minimum atomic E-state index is -0.264. The van der Waals surface area contributed by atoms with Gasteiger partial charge in [0.2, 0.25) is 0 Å². The average molecular weight is 209 g/mol. The summed E-state index contributed by atoms with van der Waals surface area (Å²) in [5.41, 5.74) is 5.52. The fourth-order valence-electron chi connectivity index (χ4n) is 0.997. The molecule has 0 spiro atoms. The smallest absolute Gasteiger partial charge is 0.188 e. The molecule has 0 aliphatic rings. The number of rotatable bonds is 2. The molecule has 5 nitrogen and oxygen atoms in total. The van der Waals surface area contributed by atoms with Crippen molar-refractivity contribution in [2.75, 3.05) is 0 Å². The highest BCUT2D eigenvalue weighted by Gasteiger charge is 2.12. The van der Waals surface area contributed by atoms with Gasteiger partial charge in [0.25, 0.3) is 0 Å². The van der Waals surface area contributed by atoms with Crippen molar-refractivity contribution in [2.24, 2.45) is 10.9 Å². The Morgan fingerprint density at radius 1 is 1.47 bits per heavy atom.